The number of hydrogen-bond donors (Lipinski definition) is 0. The van der Waals surface area contributed by atoms with Crippen molar-refractivity contribution in [2.24, 2.45) is 0 Å². The first-order valence-electron chi connectivity index (χ1n) is 7.37. The fourth-order valence-electron chi connectivity index (χ4n) is 2.48. The van der Waals surface area contributed by atoms with Gasteiger partial charge < -0.3 is 9.47 Å². The van der Waals surface area contributed by atoms with Crippen molar-refractivity contribution in [3.05, 3.63) is 90.0 Å². The molecular formula is C19H17FN2O. The van der Waals surface area contributed by atoms with Crippen LogP contribution in [0, 0.1) is 5.82 Å². The van der Waals surface area contributed by atoms with Crippen LogP contribution in [0.5, 0.6) is 0 Å². The van der Waals surface area contributed by atoms with Crippen LogP contribution in [0.25, 0.3) is 5.69 Å². The Labute approximate surface area is 134 Å². The van der Waals surface area contributed by atoms with Gasteiger partial charge in [-0.3, -0.25) is 4.79 Å². The zero-order chi connectivity index (χ0) is 16.2. The van der Waals surface area contributed by atoms with Gasteiger partial charge >= 0.3 is 0 Å². The highest BCUT2D eigenvalue weighted by molar-refractivity contribution is 5.94. The monoisotopic (exact) mass is 308 g/mol. The molecule has 1 heterocycles. The molecule has 1 amide bonds. The smallest absolute Gasteiger partial charge is 0.253 e. The van der Waals surface area contributed by atoms with Gasteiger partial charge in [-0.2, -0.15) is 0 Å². The summed E-state index contributed by atoms with van der Waals surface area (Å²) in [4.78, 5) is 14.0. The molecule has 2 aromatic carbocycles. The molecule has 116 valence electrons. The highest BCUT2D eigenvalue weighted by atomic mass is 19.1. The zero-order valence-electron chi connectivity index (χ0n) is 12.8. The number of halogens is 1. The van der Waals surface area contributed by atoms with Crippen LogP contribution in [0.2, 0.25) is 0 Å². The minimum atomic E-state index is -0.292. The van der Waals surface area contributed by atoms with E-state index in [-0.39, 0.29) is 11.7 Å². The number of rotatable bonds is 4. The van der Waals surface area contributed by atoms with Crippen molar-refractivity contribution >= 4 is 5.91 Å². The molecule has 0 atom stereocenters. The van der Waals surface area contributed by atoms with E-state index < -0.39 is 0 Å². The van der Waals surface area contributed by atoms with Crippen LogP contribution in [0.4, 0.5) is 4.39 Å². The second kappa shape index (κ2) is 6.48. The second-order valence-corrected chi connectivity index (χ2v) is 5.43. The summed E-state index contributed by atoms with van der Waals surface area (Å²) in [6.45, 7) is 0.371. The molecule has 3 nitrogen and oxygen atoms in total. The Morgan fingerprint density at radius 2 is 1.74 bits per heavy atom. The van der Waals surface area contributed by atoms with Crippen LogP contribution in [0.3, 0.4) is 0 Å². The van der Waals surface area contributed by atoms with E-state index in [1.54, 1.807) is 30.1 Å². The summed E-state index contributed by atoms with van der Waals surface area (Å²) in [6.07, 6.45) is 3.90. The van der Waals surface area contributed by atoms with Gasteiger partial charge in [-0.1, -0.05) is 12.1 Å². The van der Waals surface area contributed by atoms with Crippen LogP contribution in [-0.4, -0.2) is 22.4 Å². The van der Waals surface area contributed by atoms with Crippen molar-refractivity contribution in [1.29, 1.82) is 0 Å². The number of benzene rings is 2. The molecule has 1 aromatic heterocycles. The van der Waals surface area contributed by atoms with Crippen molar-refractivity contribution in [3.8, 4) is 5.69 Å². The maximum Gasteiger partial charge on any atom is 0.253 e. The number of hydrogen-bond acceptors (Lipinski definition) is 1. The number of carbonyl (C=O) groups excluding carboxylic acids is 1. The Balaban J connectivity index is 1.72. The van der Waals surface area contributed by atoms with Gasteiger partial charge in [0.2, 0.25) is 0 Å². The first kappa shape index (κ1) is 15.0. The van der Waals surface area contributed by atoms with E-state index in [4.69, 9.17) is 0 Å². The summed E-state index contributed by atoms with van der Waals surface area (Å²) >= 11 is 0. The fraction of sp³-hybridized carbons (Fsp3) is 0.105. The normalized spacial score (nSPS) is 10.5. The first-order valence-corrected chi connectivity index (χ1v) is 7.37. The number of aromatic nitrogens is 1. The van der Waals surface area contributed by atoms with E-state index in [0.717, 1.165) is 11.3 Å². The topological polar surface area (TPSA) is 25.2 Å². The van der Waals surface area contributed by atoms with Gasteiger partial charge in [-0.25, -0.2) is 4.39 Å². The average molecular weight is 308 g/mol. The van der Waals surface area contributed by atoms with Gasteiger partial charge in [0.15, 0.2) is 0 Å². The van der Waals surface area contributed by atoms with E-state index in [9.17, 15) is 9.18 Å². The van der Waals surface area contributed by atoms with Crippen molar-refractivity contribution in [3.63, 3.8) is 0 Å². The first-order chi connectivity index (χ1) is 11.1. The third kappa shape index (κ3) is 3.48. The maximum atomic E-state index is 13.2. The van der Waals surface area contributed by atoms with E-state index in [1.165, 1.54) is 12.1 Å². The summed E-state index contributed by atoms with van der Waals surface area (Å²) in [5.41, 5.74) is 2.38. The van der Waals surface area contributed by atoms with E-state index >= 15 is 0 Å². The van der Waals surface area contributed by atoms with E-state index in [1.807, 2.05) is 47.3 Å². The molecule has 23 heavy (non-hydrogen) atoms. The predicted octanol–water partition coefficient (Wildman–Crippen LogP) is 3.89. The minimum Gasteiger partial charge on any atom is -0.337 e. The average Bonchev–Trinajstić information content (AvgIpc) is 3.09. The predicted molar refractivity (Wildman–Crippen MR) is 88.0 cm³/mol. The molecule has 0 unspecified atom stereocenters. The molecule has 0 aliphatic heterocycles. The summed E-state index contributed by atoms with van der Waals surface area (Å²) in [6, 6.07) is 17.6. The minimum absolute atomic E-state index is 0.0895. The highest BCUT2D eigenvalue weighted by Crippen LogP contribution is 2.13. The van der Waals surface area contributed by atoms with Crippen molar-refractivity contribution in [2.75, 3.05) is 7.05 Å². The summed E-state index contributed by atoms with van der Waals surface area (Å²) in [7, 11) is 1.72. The van der Waals surface area contributed by atoms with Gasteiger partial charge in [-0.05, 0) is 54.1 Å². The van der Waals surface area contributed by atoms with Gasteiger partial charge in [0, 0.05) is 37.2 Å². The molecule has 0 saturated carbocycles. The van der Waals surface area contributed by atoms with Crippen LogP contribution < -0.4 is 0 Å². The molecular weight excluding hydrogens is 291 g/mol. The van der Waals surface area contributed by atoms with Crippen LogP contribution >= 0.6 is 0 Å². The van der Waals surface area contributed by atoms with Crippen molar-refractivity contribution in [2.45, 2.75) is 6.54 Å². The third-order valence-electron chi connectivity index (χ3n) is 3.67. The summed E-state index contributed by atoms with van der Waals surface area (Å²) in [5, 5.41) is 0. The van der Waals surface area contributed by atoms with Crippen molar-refractivity contribution in [1.82, 2.24) is 9.47 Å². The Kier molecular flexibility index (Phi) is 4.24. The molecule has 0 aliphatic carbocycles. The van der Waals surface area contributed by atoms with Gasteiger partial charge in [-0.15, -0.1) is 0 Å². The summed E-state index contributed by atoms with van der Waals surface area (Å²) in [5.74, 6) is -0.382. The van der Waals surface area contributed by atoms with E-state index in [0.29, 0.717) is 12.1 Å². The molecule has 0 spiro atoms. The van der Waals surface area contributed by atoms with Gasteiger partial charge in [0.25, 0.3) is 5.91 Å². The zero-order valence-corrected chi connectivity index (χ0v) is 12.8. The molecule has 0 radical (unpaired) electrons. The molecule has 3 rings (SSSR count). The Morgan fingerprint density at radius 1 is 1.04 bits per heavy atom. The van der Waals surface area contributed by atoms with Gasteiger partial charge in [0.1, 0.15) is 5.82 Å². The molecule has 0 saturated heterocycles. The fourth-order valence-corrected chi connectivity index (χ4v) is 2.48. The third-order valence-corrected chi connectivity index (χ3v) is 3.67. The second-order valence-electron chi connectivity index (χ2n) is 5.43. The Hall–Kier alpha value is -2.88. The van der Waals surface area contributed by atoms with Crippen LogP contribution in [-0.2, 0) is 6.54 Å². The SMILES string of the molecule is CN(Cc1cccc(F)c1)C(=O)c1ccc(-n2cccc2)cc1. The number of nitrogens with zero attached hydrogens (tertiary/aromatic N) is 2. The Morgan fingerprint density at radius 3 is 2.39 bits per heavy atom. The molecule has 0 aliphatic rings. The number of amides is 1. The van der Waals surface area contributed by atoms with Crippen molar-refractivity contribution < 1.29 is 9.18 Å². The quantitative estimate of drug-likeness (QED) is 0.718. The maximum absolute atomic E-state index is 13.2. The highest BCUT2D eigenvalue weighted by Gasteiger charge is 2.12. The lowest BCUT2D eigenvalue weighted by molar-refractivity contribution is 0.0785. The van der Waals surface area contributed by atoms with Crippen LogP contribution in [0.15, 0.2) is 73.1 Å². The van der Waals surface area contributed by atoms with Gasteiger partial charge in [0.05, 0.1) is 0 Å². The van der Waals surface area contributed by atoms with E-state index in [2.05, 4.69) is 0 Å². The standard InChI is InChI=1S/C19H17FN2O/c1-21(14-15-5-4-6-17(20)13-15)19(23)16-7-9-18(10-8-16)22-11-2-3-12-22/h2-13H,14H2,1H3. The molecule has 0 bridgehead atoms. The Bertz CT molecular complexity index is 795. The number of carbonyl (C=O) groups is 1. The lowest BCUT2D eigenvalue weighted by atomic mass is 10.1. The lowest BCUT2D eigenvalue weighted by Gasteiger charge is -2.17. The van der Waals surface area contributed by atoms with Crippen LogP contribution in [0.1, 0.15) is 15.9 Å². The molecule has 0 N–H and O–H groups in total. The molecule has 0 fully saturated rings. The molecule has 3 aromatic rings. The molecule has 4 heteroatoms. The largest absolute Gasteiger partial charge is 0.337 e. The summed E-state index contributed by atoms with van der Waals surface area (Å²) < 4.78 is 15.2. The lowest BCUT2D eigenvalue weighted by Crippen LogP contribution is -2.26.